The molecular weight excluding hydrogens is 444 g/mol. The van der Waals surface area contributed by atoms with Crippen LogP contribution in [0.25, 0.3) is 0 Å². The third-order valence-electron chi connectivity index (χ3n) is 4.86. The SMILES string of the molecule is C=COC1CC(C(O)(C(F)(F)F)C(F)(F)F)CC(C(O)(C(F)(F)F)C(F)(F)F)C1. The highest BCUT2D eigenvalue weighted by molar-refractivity contribution is 5.08. The molecule has 1 fully saturated rings. The van der Waals surface area contributed by atoms with Crippen molar-refractivity contribution < 1.29 is 67.6 Å². The standard InChI is InChI=1S/C14H14F12O3/c1-2-29-8-4-6(9(27,11(15,16)17)12(18,19)20)3-7(5-8)10(28,13(21,22)23)14(24,25)26/h2,6-8,27-28H,1,3-5H2. The molecule has 0 aromatic heterocycles. The van der Waals surface area contributed by atoms with E-state index in [0.717, 1.165) is 0 Å². The van der Waals surface area contributed by atoms with Crippen molar-refractivity contribution in [2.24, 2.45) is 11.8 Å². The van der Waals surface area contributed by atoms with E-state index in [2.05, 4.69) is 11.3 Å². The molecule has 15 heteroatoms. The molecular formula is C14H14F12O3. The number of alkyl halides is 12. The highest BCUT2D eigenvalue weighted by atomic mass is 19.4. The highest BCUT2D eigenvalue weighted by Gasteiger charge is 2.78. The predicted molar refractivity (Wildman–Crippen MR) is 70.0 cm³/mol. The Morgan fingerprint density at radius 2 is 0.897 bits per heavy atom. The minimum Gasteiger partial charge on any atom is -0.499 e. The smallest absolute Gasteiger partial charge is 0.426 e. The van der Waals surface area contributed by atoms with Gasteiger partial charge in [-0.05, 0) is 19.3 Å². The van der Waals surface area contributed by atoms with Gasteiger partial charge in [0.05, 0.1) is 12.4 Å². The summed E-state index contributed by atoms with van der Waals surface area (Å²) in [6.07, 6.45) is -32.5. The van der Waals surface area contributed by atoms with Crippen LogP contribution in [0, 0.1) is 11.8 Å². The summed E-state index contributed by atoms with van der Waals surface area (Å²) in [5.74, 6) is -6.47. The first-order valence-corrected chi connectivity index (χ1v) is 7.62. The molecule has 2 atom stereocenters. The molecule has 1 aliphatic carbocycles. The highest BCUT2D eigenvalue weighted by Crippen LogP contribution is 2.57. The van der Waals surface area contributed by atoms with Crippen LogP contribution in [-0.4, -0.2) is 52.2 Å². The molecule has 0 saturated heterocycles. The molecule has 0 aliphatic heterocycles. The molecule has 0 amide bonds. The number of rotatable bonds is 4. The lowest BCUT2D eigenvalue weighted by atomic mass is 9.65. The van der Waals surface area contributed by atoms with E-state index in [1.54, 1.807) is 0 Å². The maximum atomic E-state index is 13.1. The second-order valence-electron chi connectivity index (χ2n) is 6.55. The summed E-state index contributed by atoms with van der Waals surface area (Å²) in [6, 6.07) is 0. The summed E-state index contributed by atoms with van der Waals surface area (Å²) in [4.78, 5) is 0. The minimum atomic E-state index is -6.49. The van der Waals surface area contributed by atoms with E-state index in [4.69, 9.17) is 0 Å². The van der Waals surface area contributed by atoms with E-state index in [1.807, 2.05) is 0 Å². The Morgan fingerprint density at radius 3 is 1.10 bits per heavy atom. The fraction of sp³-hybridized carbons (Fsp3) is 0.857. The van der Waals surface area contributed by atoms with Gasteiger partial charge in [-0.2, -0.15) is 52.7 Å². The second kappa shape index (κ2) is 7.39. The molecule has 1 aliphatic rings. The van der Waals surface area contributed by atoms with Gasteiger partial charge < -0.3 is 14.9 Å². The van der Waals surface area contributed by atoms with Gasteiger partial charge in [-0.25, -0.2) is 0 Å². The summed E-state index contributed by atoms with van der Waals surface area (Å²) in [7, 11) is 0. The quantitative estimate of drug-likeness (QED) is 0.477. The zero-order valence-electron chi connectivity index (χ0n) is 14.0. The third kappa shape index (κ3) is 4.25. The van der Waals surface area contributed by atoms with Crippen molar-refractivity contribution in [3.05, 3.63) is 12.8 Å². The van der Waals surface area contributed by atoms with E-state index in [1.165, 1.54) is 0 Å². The number of ether oxygens (including phenoxy) is 1. The van der Waals surface area contributed by atoms with Crippen molar-refractivity contribution in [3.8, 4) is 0 Å². The van der Waals surface area contributed by atoms with Crippen LogP contribution in [0.1, 0.15) is 19.3 Å². The molecule has 0 bridgehead atoms. The van der Waals surface area contributed by atoms with Gasteiger partial charge in [0, 0.05) is 11.8 Å². The molecule has 29 heavy (non-hydrogen) atoms. The average Bonchev–Trinajstić information content (AvgIpc) is 2.48. The van der Waals surface area contributed by atoms with Gasteiger partial charge in [-0.3, -0.25) is 0 Å². The topological polar surface area (TPSA) is 49.7 Å². The molecule has 0 radical (unpaired) electrons. The van der Waals surface area contributed by atoms with Crippen LogP contribution in [0.4, 0.5) is 52.7 Å². The lowest BCUT2D eigenvalue weighted by molar-refractivity contribution is -0.405. The van der Waals surface area contributed by atoms with Crippen molar-refractivity contribution >= 4 is 0 Å². The first-order valence-electron chi connectivity index (χ1n) is 7.62. The van der Waals surface area contributed by atoms with Gasteiger partial charge in [0.1, 0.15) is 0 Å². The van der Waals surface area contributed by atoms with E-state index >= 15 is 0 Å². The second-order valence-corrected chi connectivity index (χ2v) is 6.55. The summed E-state index contributed by atoms with van der Waals surface area (Å²) in [5, 5.41) is 18.8. The largest absolute Gasteiger partial charge is 0.499 e. The van der Waals surface area contributed by atoms with Crippen molar-refractivity contribution in [2.75, 3.05) is 0 Å². The van der Waals surface area contributed by atoms with Crippen LogP contribution in [0.5, 0.6) is 0 Å². The fourth-order valence-corrected chi connectivity index (χ4v) is 3.44. The van der Waals surface area contributed by atoms with Gasteiger partial charge >= 0.3 is 24.7 Å². The first-order chi connectivity index (χ1) is 12.6. The Labute approximate surface area is 154 Å². The number of aliphatic hydroxyl groups is 2. The predicted octanol–water partition coefficient (Wildman–Crippen LogP) is 4.64. The maximum absolute atomic E-state index is 13.1. The molecule has 0 heterocycles. The molecule has 0 aromatic rings. The first kappa shape index (κ1) is 25.7. The van der Waals surface area contributed by atoms with Gasteiger partial charge in [0.15, 0.2) is 0 Å². The molecule has 1 rings (SSSR count). The van der Waals surface area contributed by atoms with Crippen LogP contribution >= 0.6 is 0 Å². The maximum Gasteiger partial charge on any atom is 0.426 e. The fourth-order valence-electron chi connectivity index (χ4n) is 3.44. The van der Waals surface area contributed by atoms with Crippen molar-refractivity contribution in [1.82, 2.24) is 0 Å². The molecule has 0 aromatic carbocycles. The van der Waals surface area contributed by atoms with Gasteiger partial charge in [-0.1, -0.05) is 6.58 Å². The van der Waals surface area contributed by atoms with Crippen LogP contribution in [-0.2, 0) is 4.74 Å². The Bertz CT molecular complexity index is 515. The number of hydrogen-bond acceptors (Lipinski definition) is 3. The third-order valence-corrected chi connectivity index (χ3v) is 4.86. The van der Waals surface area contributed by atoms with Gasteiger partial charge in [0.2, 0.25) is 0 Å². The number of halogens is 12. The summed E-state index contributed by atoms with van der Waals surface area (Å²) in [5.41, 5.74) is -11.3. The Balaban J connectivity index is 3.60. The summed E-state index contributed by atoms with van der Waals surface area (Å²) >= 11 is 0. The Kier molecular flexibility index (Phi) is 6.54. The van der Waals surface area contributed by atoms with Crippen molar-refractivity contribution in [3.63, 3.8) is 0 Å². The van der Waals surface area contributed by atoms with Gasteiger partial charge in [-0.15, -0.1) is 0 Å². The Morgan fingerprint density at radius 1 is 0.621 bits per heavy atom. The van der Waals surface area contributed by atoms with E-state index in [-0.39, 0.29) is 0 Å². The zero-order valence-corrected chi connectivity index (χ0v) is 14.0. The minimum absolute atomic E-state index is 0.393. The lowest BCUT2D eigenvalue weighted by Crippen LogP contribution is -2.67. The van der Waals surface area contributed by atoms with Gasteiger partial charge in [0.25, 0.3) is 11.2 Å². The molecule has 2 unspecified atom stereocenters. The molecule has 0 spiro atoms. The van der Waals surface area contributed by atoms with E-state index in [0.29, 0.717) is 6.26 Å². The van der Waals surface area contributed by atoms with Crippen LogP contribution in [0.2, 0.25) is 0 Å². The zero-order chi connectivity index (χ0) is 23.3. The normalized spacial score (nSPS) is 25.7. The van der Waals surface area contributed by atoms with Crippen LogP contribution in [0.3, 0.4) is 0 Å². The number of hydrogen-bond donors (Lipinski definition) is 2. The summed E-state index contributed by atoms with van der Waals surface area (Å²) in [6.45, 7) is 2.89. The van der Waals surface area contributed by atoms with Crippen LogP contribution in [0.15, 0.2) is 12.8 Å². The monoisotopic (exact) mass is 458 g/mol. The lowest BCUT2D eigenvalue weighted by Gasteiger charge is -2.48. The average molecular weight is 458 g/mol. The molecule has 3 nitrogen and oxygen atoms in total. The molecule has 2 N–H and O–H groups in total. The summed E-state index contributed by atoms with van der Waals surface area (Å²) < 4.78 is 161. The van der Waals surface area contributed by atoms with Crippen molar-refractivity contribution in [1.29, 1.82) is 0 Å². The van der Waals surface area contributed by atoms with Crippen molar-refractivity contribution in [2.45, 2.75) is 61.3 Å². The Hall–Kier alpha value is -1.38. The van der Waals surface area contributed by atoms with E-state index < -0.39 is 73.1 Å². The van der Waals surface area contributed by atoms with E-state index in [9.17, 15) is 62.9 Å². The van der Waals surface area contributed by atoms with Crippen LogP contribution < -0.4 is 0 Å². The molecule has 1 saturated carbocycles. The molecule has 172 valence electrons.